The number of pyridine rings is 1. The van der Waals surface area contributed by atoms with Crippen LogP contribution in [0.3, 0.4) is 0 Å². The summed E-state index contributed by atoms with van der Waals surface area (Å²) >= 11 is 1.55. The van der Waals surface area contributed by atoms with E-state index in [9.17, 15) is 13.2 Å². The minimum Gasteiger partial charge on any atom is -0.404 e. The highest BCUT2D eigenvalue weighted by atomic mass is 32.1. The molecular formula is C12H12F3N3OS. The summed E-state index contributed by atoms with van der Waals surface area (Å²) in [5.41, 5.74) is 0. The van der Waals surface area contributed by atoms with Crippen molar-refractivity contribution in [2.75, 3.05) is 5.32 Å². The van der Waals surface area contributed by atoms with Crippen molar-refractivity contribution in [1.82, 2.24) is 9.97 Å². The van der Waals surface area contributed by atoms with Gasteiger partial charge >= 0.3 is 6.36 Å². The Labute approximate surface area is 117 Å². The molecule has 1 atom stereocenters. The molecule has 0 aromatic carbocycles. The molecule has 0 fully saturated rings. The van der Waals surface area contributed by atoms with Crippen LogP contribution in [0.25, 0.3) is 0 Å². The van der Waals surface area contributed by atoms with Crippen molar-refractivity contribution in [3.8, 4) is 5.75 Å². The van der Waals surface area contributed by atoms with Crippen LogP contribution in [0.1, 0.15) is 22.9 Å². The number of halogens is 3. The third-order valence-corrected chi connectivity index (χ3v) is 3.44. The van der Waals surface area contributed by atoms with Crippen LogP contribution in [0.4, 0.5) is 19.0 Å². The Kier molecular flexibility index (Phi) is 4.12. The number of nitrogens with zero attached hydrogens (tertiary/aromatic N) is 2. The summed E-state index contributed by atoms with van der Waals surface area (Å²) in [6.45, 7) is 3.86. The van der Waals surface area contributed by atoms with Gasteiger partial charge in [0.05, 0.1) is 12.2 Å². The molecule has 4 nitrogen and oxygen atoms in total. The Morgan fingerprint density at radius 3 is 2.50 bits per heavy atom. The van der Waals surface area contributed by atoms with Crippen molar-refractivity contribution in [3.05, 3.63) is 34.4 Å². The number of rotatable bonds is 4. The van der Waals surface area contributed by atoms with Gasteiger partial charge in [0.2, 0.25) is 0 Å². The van der Waals surface area contributed by atoms with Gasteiger partial charge in [-0.2, -0.15) is 0 Å². The highest BCUT2D eigenvalue weighted by Gasteiger charge is 2.31. The topological polar surface area (TPSA) is 47.0 Å². The average molecular weight is 303 g/mol. The summed E-state index contributed by atoms with van der Waals surface area (Å²) in [7, 11) is 0. The van der Waals surface area contributed by atoms with Crippen LogP contribution in [-0.4, -0.2) is 16.3 Å². The van der Waals surface area contributed by atoms with Crippen molar-refractivity contribution < 1.29 is 17.9 Å². The summed E-state index contributed by atoms with van der Waals surface area (Å²) in [4.78, 5) is 9.20. The molecule has 0 saturated carbocycles. The lowest BCUT2D eigenvalue weighted by atomic mass is 10.3. The first kappa shape index (κ1) is 14.6. The summed E-state index contributed by atoms with van der Waals surface area (Å²) in [5, 5.41) is 3.95. The maximum Gasteiger partial charge on any atom is 0.573 e. The second-order valence-electron chi connectivity index (χ2n) is 4.10. The number of aryl methyl sites for hydroxylation is 1. The first-order chi connectivity index (χ1) is 9.33. The minimum absolute atomic E-state index is 0.0735. The van der Waals surface area contributed by atoms with Crippen LogP contribution in [0, 0.1) is 6.92 Å². The predicted molar refractivity (Wildman–Crippen MR) is 69.8 cm³/mol. The number of ether oxygens (including phenoxy) is 1. The monoisotopic (exact) mass is 303 g/mol. The second kappa shape index (κ2) is 5.66. The lowest BCUT2D eigenvalue weighted by Crippen LogP contribution is -2.17. The van der Waals surface area contributed by atoms with Crippen molar-refractivity contribution in [2.24, 2.45) is 0 Å². The smallest absolute Gasteiger partial charge is 0.404 e. The van der Waals surface area contributed by atoms with E-state index >= 15 is 0 Å². The first-order valence-electron chi connectivity index (χ1n) is 5.74. The van der Waals surface area contributed by atoms with Crippen molar-refractivity contribution in [3.63, 3.8) is 0 Å². The Morgan fingerprint density at radius 1 is 1.25 bits per heavy atom. The van der Waals surface area contributed by atoms with E-state index in [1.54, 1.807) is 17.5 Å². The SMILES string of the molecule is Cc1cnc(C(C)Nc2ccc(OC(F)(F)F)cn2)s1. The molecule has 0 aliphatic carbocycles. The van der Waals surface area contributed by atoms with Crippen LogP contribution in [-0.2, 0) is 0 Å². The standard InChI is InChI=1S/C12H12F3N3OS/c1-7-5-17-11(20-7)8(2)18-10-4-3-9(6-16-10)19-12(13,14)15/h3-6,8H,1-2H3,(H,16,18). The van der Waals surface area contributed by atoms with Gasteiger partial charge in [-0.05, 0) is 26.0 Å². The van der Waals surface area contributed by atoms with Crippen LogP contribution in [0.5, 0.6) is 5.75 Å². The summed E-state index contributed by atoms with van der Waals surface area (Å²) in [5.74, 6) is 0.112. The van der Waals surface area contributed by atoms with Gasteiger partial charge in [-0.3, -0.25) is 0 Å². The zero-order chi connectivity index (χ0) is 14.8. The van der Waals surface area contributed by atoms with Gasteiger partial charge in [-0.1, -0.05) is 0 Å². The molecule has 2 aromatic rings. The fourth-order valence-corrected chi connectivity index (χ4v) is 2.29. The molecule has 20 heavy (non-hydrogen) atoms. The number of thiazole rings is 1. The molecule has 0 bridgehead atoms. The third-order valence-electron chi connectivity index (χ3n) is 2.34. The van der Waals surface area contributed by atoms with Crippen LogP contribution >= 0.6 is 11.3 Å². The highest BCUT2D eigenvalue weighted by molar-refractivity contribution is 7.11. The third kappa shape index (κ3) is 4.09. The Balaban J connectivity index is 2.00. The van der Waals surface area contributed by atoms with Gasteiger partial charge in [-0.25, -0.2) is 9.97 Å². The van der Waals surface area contributed by atoms with Gasteiger partial charge < -0.3 is 10.1 Å². The fraction of sp³-hybridized carbons (Fsp3) is 0.333. The van der Waals surface area contributed by atoms with Crippen LogP contribution < -0.4 is 10.1 Å². The quantitative estimate of drug-likeness (QED) is 0.930. The van der Waals surface area contributed by atoms with Gasteiger partial charge in [0.1, 0.15) is 16.6 Å². The summed E-state index contributed by atoms with van der Waals surface area (Å²) < 4.78 is 39.8. The molecule has 0 saturated heterocycles. The van der Waals surface area contributed by atoms with E-state index in [1.807, 2.05) is 13.8 Å². The molecule has 8 heteroatoms. The molecule has 2 aromatic heterocycles. The Bertz CT molecular complexity index is 568. The predicted octanol–water partition coefficient (Wildman–Crippen LogP) is 3.92. The molecule has 0 spiro atoms. The molecule has 0 radical (unpaired) electrons. The molecule has 1 unspecified atom stereocenters. The zero-order valence-corrected chi connectivity index (χ0v) is 11.5. The van der Waals surface area contributed by atoms with Gasteiger partial charge in [-0.15, -0.1) is 24.5 Å². The van der Waals surface area contributed by atoms with E-state index in [0.717, 1.165) is 16.1 Å². The normalized spacial score (nSPS) is 13.1. The van der Waals surface area contributed by atoms with E-state index in [4.69, 9.17) is 0 Å². The number of hydrogen-bond donors (Lipinski definition) is 1. The molecule has 0 amide bonds. The molecule has 2 heterocycles. The Hall–Kier alpha value is -1.83. The number of aromatic nitrogens is 2. The maximum absolute atomic E-state index is 12.0. The Morgan fingerprint density at radius 2 is 2.00 bits per heavy atom. The van der Waals surface area contributed by atoms with Crippen molar-refractivity contribution >= 4 is 17.2 Å². The molecular weight excluding hydrogens is 291 g/mol. The fourth-order valence-electron chi connectivity index (χ4n) is 1.52. The van der Waals surface area contributed by atoms with E-state index < -0.39 is 6.36 Å². The molecule has 1 N–H and O–H groups in total. The largest absolute Gasteiger partial charge is 0.573 e. The van der Waals surface area contributed by atoms with Gasteiger partial charge in [0, 0.05) is 11.1 Å². The van der Waals surface area contributed by atoms with Gasteiger partial charge in [0.15, 0.2) is 0 Å². The van der Waals surface area contributed by atoms with Crippen LogP contribution in [0.2, 0.25) is 0 Å². The number of anilines is 1. The molecule has 0 aliphatic heterocycles. The van der Waals surface area contributed by atoms with E-state index in [1.165, 1.54) is 12.1 Å². The molecule has 0 aliphatic rings. The number of hydrogen-bond acceptors (Lipinski definition) is 5. The second-order valence-corrected chi connectivity index (χ2v) is 5.37. The summed E-state index contributed by atoms with van der Waals surface area (Å²) in [6.07, 6.45) is -1.91. The molecule has 108 valence electrons. The molecule has 2 rings (SSSR count). The van der Waals surface area contributed by atoms with E-state index in [2.05, 4.69) is 20.0 Å². The minimum atomic E-state index is -4.71. The summed E-state index contributed by atoms with van der Waals surface area (Å²) in [6, 6.07) is 2.57. The van der Waals surface area contributed by atoms with Crippen LogP contribution in [0.15, 0.2) is 24.5 Å². The van der Waals surface area contributed by atoms with Crippen molar-refractivity contribution in [1.29, 1.82) is 0 Å². The number of alkyl halides is 3. The lowest BCUT2D eigenvalue weighted by molar-refractivity contribution is -0.274. The van der Waals surface area contributed by atoms with E-state index in [0.29, 0.717) is 5.82 Å². The maximum atomic E-state index is 12.0. The zero-order valence-electron chi connectivity index (χ0n) is 10.7. The van der Waals surface area contributed by atoms with Gasteiger partial charge in [0.25, 0.3) is 0 Å². The number of nitrogens with one attached hydrogen (secondary N) is 1. The average Bonchev–Trinajstić information content (AvgIpc) is 2.77. The van der Waals surface area contributed by atoms with E-state index in [-0.39, 0.29) is 11.8 Å². The first-order valence-corrected chi connectivity index (χ1v) is 6.56. The highest BCUT2D eigenvalue weighted by Crippen LogP contribution is 2.25. The lowest BCUT2D eigenvalue weighted by Gasteiger charge is -2.13. The van der Waals surface area contributed by atoms with Crippen molar-refractivity contribution in [2.45, 2.75) is 26.3 Å².